The van der Waals surface area contributed by atoms with Crippen LogP contribution in [0.25, 0.3) is 11.0 Å². The Bertz CT molecular complexity index is 1560. The van der Waals surface area contributed by atoms with Gasteiger partial charge in [-0.25, -0.2) is 4.79 Å². The summed E-state index contributed by atoms with van der Waals surface area (Å²) in [6, 6.07) is 21.3. The van der Waals surface area contributed by atoms with Crippen molar-refractivity contribution in [3.63, 3.8) is 0 Å². The molecule has 0 radical (unpaired) electrons. The summed E-state index contributed by atoms with van der Waals surface area (Å²) in [6.07, 6.45) is -5.32. The minimum absolute atomic E-state index is 0.0209. The van der Waals surface area contributed by atoms with Crippen molar-refractivity contribution in [3.05, 3.63) is 111 Å². The second-order valence-corrected chi connectivity index (χ2v) is 10.2. The van der Waals surface area contributed by atoms with Crippen molar-refractivity contribution < 1.29 is 31.9 Å². The number of nitrogens with zero attached hydrogens (tertiary/aromatic N) is 1. The molecule has 1 aliphatic heterocycles. The smallest absolute Gasteiger partial charge is 0.410 e. The Morgan fingerprint density at radius 2 is 1.54 bits per heavy atom. The molecule has 0 bridgehead atoms. The monoisotopic (exact) mass is 565 g/mol. The Morgan fingerprint density at radius 1 is 0.927 bits per heavy atom. The second-order valence-electron chi connectivity index (χ2n) is 10.2. The van der Waals surface area contributed by atoms with Crippen LogP contribution < -0.4 is 10.2 Å². The highest BCUT2D eigenvalue weighted by Crippen LogP contribution is 2.37. The van der Waals surface area contributed by atoms with E-state index >= 15 is 0 Å². The van der Waals surface area contributed by atoms with Crippen LogP contribution in [0.15, 0.2) is 82.0 Å². The van der Waals surface area contributed by atoms with Gasteiger partial charge in [-0.15, -0.1) is 0 Å². The van der Waals surface area contributed by atoms with E-state index in [0.29, 0.717) is 37.3 Å². The van der Waals surface area contributed by atoms with Crippen LogP contribution in [-0.4, -0.2) is 30.3 Å². The molecule has 0 spiro atoms. The largest absolute Gasteiger partial charge is 0.488 e. The van der Waals surface area contributed by atoms with Crippen molar-refractivity contribution in [3.8, 4) is 5.75 Å². The Morgan fingerprint density at radius 3 is 2.15 bits per heavy atom. The molecule has 3 aromatic carbocycles. The molecule has 1 amide bonds. The van der Waals surface area contributed by atoms with Gasteiger partial charge in [-0.1, -0.05) is 60.7 Å². The van der Waals surface area contributed by atoms with Gasteiger partial charge in [-0.2, -0.15) is 13.2 Å². The SMILES string of the molecule is Cc1c(C2CCN(C(=O)OCc3ccccc3)CC2)oc2c(CC(F)(F)F)c(OCc3ccccc3)ccc2c1=O. The number of carbonyl (C=O) groups excluding carboxylic acids is 1. The average molecular weight is 566 g/mol. The quantitative estimate of drug-likeness (QED) is 0.235. The first kappa shape index (κ1) is 28.3. The van der Waals surface area contributed by atoms with Crippen molar-refractivity contribution in [2.75, 3.05) is 13.1 Å². The number of hydrogen-bond acceptors (Lipinski definition) is 5. The molecule has 0 saturated carbocycles. The first-order valence-corrected chi connectivity index (χ1v) is 13.5. The molecule has 1 fully saturated rings. The van der Waals surface area contributed by atoms with E-state index in [2.05, 4.69) is 0 Å². The van der Waals surface area contributed by atoms with E-state index in [0.717, 1.165) is 11.1 Å². The van der Waals surface area contributed by atoms with Gasteiger partial charge in [-0.3, -0.25) is 4.79 Å². The van der Waals surface area contributed by atoms with Gasteiger partial charge in [0.2, 0.25) is 0 Å². The van der Waals surface area contributed by atoms with Crippen LogP contribution in [0.3, 0.4) is 0 Å². The number of likely N-dealkylation sites (tertiary alicyclic amines) is 1. The summed E-state index contributed by atoms with van der Waals surface area (Å²) in [4.78, 5) is 27.5. The van der Waals surface area contributed by atoms with E-state index < -0.39 is 18.7 Å². The van der Waals surface area contributed by atoms with Gasteiger partial charge in [-0.05, 0) is 43.0 Å². The highest BCUT2D eigenvalue weighted by Gasteiger charge is 2.33. The van der Waals surface area contributed by atoms with Gasteiger partial charge in [0.15, 0.2) is 5.43 Å². The predicted octanol–water partition coefficient (Wildman–Crippen LogP) is 7.30. The number of carbonyl (C=O) groups is 1. The maximum absolute atomic E-state index is 13.7. The summed E-state index contributed by atoms with van der Waals surface area (Å²) < 4.78 is 58.5. The fourth-order valence-corrected chi connectivity index (χ4v) is 5.17. The number of ether oxygens (including phenoxy) is 2. The molecule has 9 heteroatoms. The summed E-state index contributed by atoms with van der Waals surface area (Å²) in [5, 5.41) is 0.0829. The van der Waals surface area contributed by atoms with Crippen LogP contribution >= 0.6 is 0 Å². The number of benzene rings is 3. The topological polar surface area (TPSA) is 69.0 Å². The highest BCUT2D eigenvalue weighted by molar-refractivity contribution is 5.83. The van der Waals surface area contributed by atoms with Gasteiger partial charge in [0.25, 0.3) is 0 Å². The van der Waals surface area contributed by atoms with Crippen molar-refractivity contribution in [2.45, 2.75) is 51.5 Å². The maximum Gasteiger partial charge on any atom is 0.410 e. The molecule has 41 heavy (non-hydrogen) atoms. The molecule has 0 unspecified atom stereocenters. The third-order valence-corrected chi connectivity index (χ3v) is 7.33. The van der Waals surface area contributed by atoms with Crippen molar-refractivity contribution in [1.82, 2.24) is 4.90 Å². The molecular formula is C32H30F3NO5. The molecule has 0 aliphatic carbocycles. The van der Waals surface area contributed by atoms with Gasteiger partial charge >= 0.3 is 12.3 Å². The fraction of sp³-hybridized carbons (Fsp3) is 0.312. The number of halogens is 3. The molecule has 0 N–H and O–H groups in total. The molecule has 0 atom stereocenters. The van der Waals surface area contributed by atoms with Crippen LogP contribution in [0, 0.1) is 6.92 Å². The molecule has 5 rings (SSSR count). The summed E-state index contributed by atoms with van der Waals surface area (Å²) in [5.74, 6) is 0.133. The van der Waals surface area contributed by atoms with E-state index in [9.17, 15) is 22.8 Å². The molecule has 1 aliphatic rings. The van der Waals surface area contributed by atoms with Crippen LogP contribution in [0.5, 0.6) is 5.75 Å². The molecule has 214 valence electrons. The standard InChI is InChI=1S/C32H30F3NO5/c1-21-28(37)25-12-13-27(39-19-22-8-4-2-5-9-22)26(18-32(33,34)35)30(25)41-29(21)24-14-16-36(17-15-24)31(38)40-20-23-10-6-3-7-11-23/h2-13,24H,14-20H2,1H3. The minimum atomic E-state index is -4.55. The second kappa shape index (κ2) is 12.1. The Hall–Kier alpha value is -4.27. The average Bonchev–Trinajstić information content (AvgIpc) is 2.98. The number of hydrogen-bond donors (Lipinski definition) is 0. The van der Waals surface area contributed by atoms with Crippen molar-refractivity contribution in [1.29, 1.82) is 0 Å². The highest BCUT2D eigenvalue weighted by atomic mass is 19.4. The number of amides is 1. The van der Waals surface area contributed by atoms with Crippen LogP contribution in [-0.2, 0) is 24.4 Å². The van der Waals surface area contributed by atoms with E-state index in [-0.39, 0.29) is 46.8 Å². The third kappa shape index (κ3) is 6.73. The van der Waals surface area contributed by atoms with Gasteiger partial charge in [0.1, 0.15) is 30.3 Å². The lowest BCUT2D eigenvalue weighted by Gasteiger charge is -2.31. The molecule has 2 heterocycles. The van der Waals surface area contributed by atoms with Crippen LogP contribution in [0.2, 0.25) is 0 Å². The predicted molar refractivity (Wildman–Crippen MR) is 148 cm³/mol. The summed E-state index contributed by atoms with van der Waals surface area (Å²) in [5.41, 5.74) is 1.36. The van der Waals surface area contributed by atoms with Crippen molar-refractivity contribution >= 4 is 17.1 Å². The lowest BCUT2D eigenvalue weighted by Crippen LogP contribution is -2.38. The molecule has 4 aromatic rings. The first-order valence-electron chi connectivity index (χ1n) is 13.5. The van der Waals surface area contributed by atoms with Crippen molar-refractivity contribution in [2.24, 2.45) is 0 Å². The molecule has 1 aromatic heterocycles. The fourth-order valence-electron chi connectivity index (χ4n) is 5.17. The number of rotatable bonds is 7. The van der Waals surface area contributed by atoms with E-state index in [1.807, 2.05) is 60.7 Å². The lowest BCUT2D eigenvalue weighted by molar-refractivity contribution is -0.127. The lowest BCUT2D eigenvalue weighted by atomic mass is 9.91. The molecular weight excluding hydrogens is 535 g/mol. The third-order valence-electron chi connectivity index (χ3n) is 7.33. The van der Waals surface area contributed by atoms with E-state index in [1.54, 1.807) is 11.8 Å². The minimum Gasteiger partial charge on any atom is -0.488 e. The molecule has 1 saturated heterocycles. The number of alkyl halides is 3. The zero-order chi connectivity index (χ0) is 29.0. The van der Waals surface area contributed by atoms with E-state index in [1.165, 1.54) is 12.1 Å². The van der Waals surface area contributed by atoms with E-state index in [4.69, 9.17) is 13.9 Å². The number of piperidine rings is 1. The number of fused-ring (bicyclic) bond motifs is 1. The Labute approximate surface area is 235 Å². The summed E-state index contributed by atoms with van der Waals surface area (Å²) in [6.45, 7) is 2.60. The van der Waals surface area contributed by atoms with Crippen LogP contribution in [0.4, 0.5) is 18.0 Å². The summed E-state index contributed by atoms with van der Waals surface area (Å²) >= 11 is 0. The maximum atomic E-state index is 13.7. The first-order chi connectivity index (χ1) is 19.7. The van der Waals surface area contributed by atoms with Gasteiger partial charge in [0, 0.05) is 30.1 Å². The molecule has 6 nitrogen and oxygen atoms in total. The Kier molecular flexibility index (Phi) is 8.33. The zero-order valence-corrected chi connectivity index (χ0v) is 22.6. The summed E-state index contributed by atoms with van der Waals surface area (Å²) in [7, 11) is 0. The Balaban J connectivity index is 1.38. The zero-order valence-electron chi connectivity index (χ0n) is 22.6. The normalized spacial score (nSPS) is 14.3. The van der Waals surface area contributed by atoms with Gasteiger partial charge < -0.3 is 18.8 Å². The van der Waals surface area contributed by atoms with Crippen LogP contribution in [0.1, 0.15) is 46.8 Å². The van der Waals surface area contributed by atoms with Gasteiger partial charge in [0.05, 0.1) is 11.8 Å².